The Bertz CT molecular complexity index is 1140. The van der Waals surface area contributed by atoms with Crippen molar-refractivity contribution in [2.24, 2.45) is 0 Å². The van der Waals surface area contributed by atoms with Gasteiger partial charge in [0.25, 0.3) is 0 Å². The Hall–Kier alpha value is -3.15. The number of benzene rings is 2. The Morgan fingerprint density at radius 3 is 2.22 bits per heavy atom. The van der Waals surface area contributed by atoms with Gasteiger partial charge in [0.15, 0.2) is 0 Å². The smallest absolute Gasteiger partial charge is 0.352 e. The van der Waals surface area contributed by atoms with Gasteiger partial charge in [-0.15, -0.1) is 0 Å². The number of pyridine rings is 1. The molecule has 6 heteroatoms. The molecule has 2 aromatic carbocycles. The number of hydrogen-bond donors (Lipinski definition) is 2. The average molecular weight is 379 g/mol. The van der Waals surface area contributed by atoms with E-state index in [1.807, 2.05) is 54.6 Å². The minimum absolute atomic E-state index is 0.0346. The molecule has 2 aromatic heterocycles. The zero-order valence-corrected chi connectivity index (χ0v) is 14.9. The summed E-state index contributed by atoms with van der Waals surface area (Å²) in [6.07, 6.45) is 0. The standard InChI is InChI=1S/C21H15ClN2O3/c22-16-10-18-17(11-19(21(26)27)24(18)12-25)23-20(16)15-8-6-14(7-9-15)13-4-2-1-3-5-13/h1-11,25H,12H2,(H,26,27). The number of carbonyl (C=O) groups is 1. The summed E-state index contributed by atoms with van der Waals surface area (Å²) in [5, 5.41) is 19.2. The van der Waals surface area contributed by atoms with Gasteiger partial charge < -0.3 is 14.8 Å². The number of aliphatic hydroxyl groups is 1. The van der Waals surface area contributed by atoms with Crippen LogP contribution in [-0.4, -0.2) is 25.7 Å². The number of hydrogen-bond acceptors (Lipinski definition) is 3. The third kappa shape index (κ3) is 3.07. The Labute approximate surface area is 160 Å². The molecular formula is C21H15ClN2O3. The molecule has 0 amide bonds. The molecule has 2 heterocycles. The highest BCUT2D eigenvalue weighted by Gasteiger charge is 2.17. The highest BCUT2D eigenvalue weighted by atomic mass is 35.5. The number of fused-ring (bicyclic) bond motifs is 1. The van der Waals surface area contributed by atoms with Crippen molar-refractivity contribution in [3.05, 3.63) is 77.4 Å². The van der Waals surface area contributed by atoms with Crippen molar-refractivity contribution in [3.8, 4) is 22.4 Å². The fourth-order valence-corrected chi connectivity index (χ4v) is 3.39. The van der Waals surface area contributed by atoms with Gasteiger partial charge in [0.1, 0.15) is 12.4 Å². The second-order valence-corrected chi connectivity index (χ2v) is 6.48. The van der Waals surface area contributed by atoms with E-state index in [0.717, 1.165) is 16.7 Å². The second kappa shape index (κ2) is 6.87. The zero-order valence-electron chi connectivity index (χ0n) is 14.1. The summed E-state index contributed by atoms with van der Waals surface area (Å²) in [6.45, 7) is -0.464. The van der Waals surface area contributed by atoms with E-state index in [-0.39, 0.29) is 5.69 Å². The van der Waals surface area contributed by atoms with E-state index in [9.17, 15) is 15.0 Å². The molecule has 0 radical (unpaired) electrons. The van der Waals surface area contributed by atoms with Gasteiger partial charge in [-0.2, -0.15) is 0 Å². The number of nitrogens with zero attached hydrogens (tertiary/aromatic N) is 2. The molecule has 0 unspecified atom stereocenters. The summed E-state index contributed by atoms with van der Waals surface area (Å²) < 4.78 is 1.26. The van der Waals surface area contributed by atoms with Crippen LogP contribution in [0.3, 0.4) is 0 Å². The summed E-state index contributed by atoms with van der Waals surface area (Å²) in [5.41, 5.74) is 4.50. The first kappa shape index (κ1) is 17.3. The Balaban J connectivity index is 1.80. The largest absolute Gasteiger partial charge is 0.477 e. The summed E-state index contributed by atoms with van der Waals surface area (Å²) in [7, 11) is 0. The van der Waals surface area contributed by atoms with E-state index in [4.69, 9.17) is 11.6 Å². The maximum absolute atomic E-state index is 11.4. The Morgan fingerprint density at radius 1 is 0.963 bits per heavy atom. The van der Waals surface area contributed by atoms with Crippen molar-refractivity contribution in [2.75, 3.05) is 0 Å². The zero-order chi connectivity index (χ0) is 19.0. The molecule has 4 aromatic rings. The van der Waals surface area contributed by atoms with Crippen LogP contribution in [0.5, 0.6) is 0 Å². The number of carboxylic acid groups (broad SMARTS) is 1. The van der Waals surface area contributed by atoms with Gasteiger partial charge in [-0.3, -0.25) is 0 Å². The SMILES string of the molecule is O=C(O)c1cc2nc(-c3ccc(-c4ccccc4)cc3)c(Cl)cc2n1CO. The quantitative estimate of drug-likeness (QED) is 0.541. The summed E-state index contributed by atoms with van der Waals surface area (Å²) in [4.78, 5) is 15.9. The summed E-state index contributed by atoms with van der Waals surface area (Å²) in [5.74, 6) is -1.13. The summed E-state index contributed by atoms with van der Waals surface area (Å²) in [6, 6.07) is 21.0. The maximum Gasteiger partial charge on any atom is 0.352 e. The van der Waals surface area contributed by atoms with Crippen molar-refractivity contribution in [1.82, 2.24) is 9.55 Å². The molecule has 0 atom stereocenters. The lowest BCUT2D eigenvalue weighted by atomic mass is 10.0. The Morgan fingerprint density at radius 2 is 1.59 bits per heavy atom. The van der Waals surface area contributed by atoms with Gasteiger partial charge in [-0.05, 0) is 23.3 Å². The van der Waals surface area contributed by atoms with Crippen LogP contribution in [0.25, 0.3) is 33.4 Å². The molecule has 0 saturated carbocycles. The van der Waals surface area contributed by atoms with Gasteiger partial charge in [-0.25, -0.2) is 9.78 Å². The van der Waals surface area contributed by atoms with Crippen LogP contribution in [-0.2, 0) is 6.73 Å². The van der Waals surface area contributed by atoms with Gasteiger partial charge >= 0.3 is 5.97 Å². The van der Waals surface area contributed by atoms with Gasteiger partial charge in [0, 0.05) is 5.56 Å². The molecule has 4 rings (SSSR count). The van der Waals surface area contributed by atoms with E-state index >= 15 is 0 Å². The minimum atomic E-state index is -1.13. The molecule has 27 heavy (non-hydrogen) atoms. The summed E-state index contributed by atoms with van der Waals surface area (Å²) >= 11 is 6.41. The van der Waals surface area contributed by atoms with Gasteiger partial charge in [-0.1, -0.05) is 66.2 Å². The minimum Gasteiger partial charge on any atom is -0.477 e. The highest BCUT2D eigenvalue weighted by Crippen LogP contribution is 2.32. The van der Waals surface area contributed by atoms with Crippen molar-refractivity contribution in [2.45, 2.75) is 6.73 Å². The van der Waals surface area contributed by atoms with Crippen LogP contribution >= 0.6 is 11.6 Å². The van der Waals surface area contributed by atoms with Crippen molar-refractivity contribution in [1.29, 1.82) is 0 Å². The molecule has 5 nitrogen and oxygen atoms in total. The number of aliphatic hydroxyl groups excluding tert-OH is 1. The molecule has 134 valence electrons. The predicted molar refractivity (Wildman–Crippen MR) is 105 cm³/mol. The fourth-order valence-electron chi connectivity index (χ4n) is 3.14. The average Bonchev–Trinajstić information content (AvgIpc) is 3.06. The van der Waals surface area contributed by atoms with Gasteiger partial charge in [0.05, 0.1) is 21.7 Å². The first-order chi connectivity index (χ1) is 13.1. The predicted octanol–water partition coefficient (Wildman–Crippen LogP) is 4.67. The number of rotatable bonds is 4. The second-order valence-electron chi connectivity index (χ2n) is 6.07. The highest BCUT2D eigenvalue weighted by molar-refractivity contribution is 6.33. The van der Waals surface area contributed by atoms with Gasteiger partial charge in [0.2, 0.25) is 0 Å². The van der Waals surface area contributed by atoms with Crippen molar-refractivity contribution >= 4 is 28.6 Å². The van der Waals surface area contributed by atoms with Crippen LogP contribution in [0.15, 0.2) is 66.7 Å². The molecule has 0 aliphatic heterocycles. The molecule has 0 aliphatic carbocycles. The number of aromatic carboxylic acids is 1. The van der Waals surface area contributed by atoms with Crippen LogP contribution in [0.2, 0.25) is 5.02 Å². The van der Waals surface area contributed by atoms with E-state index in [1.165, 1.54) is 10.6 Å². The lowest BCUT2D eigenvalue weighted by molar-refractivity contribution is 0.0675. The van der Waals surface area contributed by atoms with Crippen LogP contribution in [0.1, 0.15) is 10.5 Å². The van der Waals surface area contributed by atoms with E-state index in [2.05, 4.69) is 4.98 Å². The maximum atomic E-state index is 11.4. The van der Waals surface area contributed by atoms with Crippen molar-refractivity contribution in [3.63, 3.8) is 0 Å². The fraction of sp³-hybridized carbons (Fsp3) is 0.0476. The van der Waals surface area contributed by atoms with Crippen LogP contribution in [0.4, 0.5) is 0 Å². The third-order valence-electron chi connectivity index (χ3n) is 4.47. The van der Waals surface area contributed by atoms with Crippen LogP contribution in [0, 0.1) is 0 Å². The van der Waals surface area contributed by atoms with Crippen LogP contribution < -0.4 is 0 Å². The molecule has 2 N–H and O–H groups in total. The Kier molecular flexibility index (Phi) is 4.39. The third-order valence-corrected chi connectivity index (χ3v) is 4.75. The topological polar surface area (TPSA) is 75.3 Å². The molecule has 0 saturated heterocycles. The normalized spacial score (nSPS) is 11.0. The molecule has 0 fully saturated rings. The monoisotopic (exact) mass is 378 g/mol. The number of carboxylic acids is 1. The first-order valence-electron chi connectivity index (χ1n) is 8.28. The number of aromatic nitrogens is 2. The van der Waals surface area contributed by atoms with E-state index in [1.54, 1.807) is 6.07 Å². The molecule has 0 aliphatic rings. The molecule has 0 bridgehead atoms. The van der Waals surface area contributed by atoms with Crippen molar-refractivity contribution < 1.29 is 15.0 Å². The van der Waals surface area contributed by atoms with E-state index < -0.39 is 12.7 Å². The number of halogens is 1. The lowest BCUT2D eigenvalue weighted by Crippen LogP contribution is -2.07. The van der Waals surface area contributed by atoms with E-state index in [0.29, 0.717) is 21.7 Å². The lowest BCUT2D eigenvalue weighted by Gasteiger charge is -2.08. The molecule has 0 spiro atoms. The molecular weight excluding hydrogens is 364 g/mol. The first-order valence-corrected chi connectivity index (χ1v) is 8.66.